The van der Waals surface area contributed by atoms with E-state index >= 15 is 0 Å². The summed E-state index contributed by atoms with van der Waals surface area (Å²) in [6.45, 7) is 0. The Balaban J connectivity index is 1.37. The SMILES string of the molecule is Fc1ccc(-c2ccc(-c3ccc(CCC4CC[Si](Cl)CC4)cc3)cc2)cc1. The minimum Gasteiger partial charge on any atom is -0.207 e. The Bertz CT molecular complexity index is 879. The van der Waals surface area contributed by atoms with Gasteiger partial charge in [-0.2, -0.15) is 11.1 Å². The lowest BCUT2D eigenvalue weighted by Gasteiger charge is -2.23. The van der Waals surface area contributed by atoms with Gasteiger partial charge in [-0.15, -0.1) is 0 Å². The summed E-state index contributed by atoms with van der Waals surface area (Å²) in [6, 6.07) is 26.7. The molecule has 3 aromatic carbocycles. The van der Waals surface area contributed by atoms with E-state index in [1.807, 2.05) is 12.1 Å². The van der Waals surface area contributed by atoms with Crippen molar-refractivity contribution < 1.29 is 4.39 Å². The van der Waals surface area contributed by atoms with Gasteiger partial charge in [0.05, 0.1) is 0 Å². The van der Waals surface area contributed by atoms with Gasteiger partial charge in [0.15, 0.2) is 8.11 Å². The van der Waals surface area contributed by atoms with Gasteiger partial charge in [0, 0.05) is 0 Å². The van der Waals surface area contributed by atoms with Crippen LogP contribution in [0, 0.1) is 11.7 Å². The van der Waals surface area contributed by atoms with Crippen LogP contribution in [0.4, 0.5) is 4.39 Å². The topological polar surface area (TPSA) is 0 Å². The molecule has 1 heterocycles. The van der Waals surface area contributed by atoms with Crippen LogP contribution in [0.5, 0.6) is 0 Å². The van der Waals surface area contributed by atoms with Crippen LogP contribution in [0.2, 0.25) is 12.1 Å². The molecule has 1 fully saturated rings. The van der Waals surface area contributed by atoms with Crippen LogP contribution >= 0.6 is 11.1 Å². The highest BCUT2D eigenvalue weighted by molar-refractivity contribution is 7.07. The zero-order valence-corrected chi connectivity index (χ0v) is 17.8. The molecule has 3 aromatic rings. The fourth-order valence-corrected chi connectivity index (χ4v) is 6.36. The molecule has 0 aliphatic carbocycles. The summed E-state index contributed by atoms with van der Waals surface area (Å²) >= 11 is 6.31. The second-order valence-electron chi connectivity index (χ2n) is 7.78. The molecular formula is C25H25ClFSi. The third kappa shape index (κ3) is 4.92. The first-order chi connectivity index (χ1) is 13.7. The van der Waals surface area contributed by atoms with Crippen molar-refractivity contribution in [2.24, 2.45) is 5.92 Å². The van der Waals surface area contributed by atoms with E-state index in [1.165, 1.54) is 66.6 Å². The van der Waals surface area contributed by atoms with Gasteiger partial charge in [0.2, 0.25) is 0 Å². The second kappa shape index (κ2) is 9.06. The molecule has 0 aromatic heterocycles. The van der Waals surface area contributed by atoms with E-state index in [4.69, 9.17) is 11.1 Å². The summed E-state index contributed by atoms with van der Waals surface area (Å²) in [7, 11) is -0.510. The van der Waals surface area contributed by atoms with Crippen molar-refractivity contribution in [1.29, 1.82) is 0 Å². The Kier molecular flexibility index (Phi) is 6.28. The van der Waals surface area contributed by atoms with Crippen molar-refractivity contribution >= 4 is 19.2 Å². The lowest BCUT2D eigenvalue weighted by atomic mass is 9.93. The first-order valence-corrected chi connectivity index (χ1v) is 13.1. The van der Waals surface area contributed by atoms with Gasteiger partial charge in [0.1, 0.15) is 5.82 Å². The molecular weight excluding hydrogens is 383 g/mol. The molecule has 1 aliphatic rings. The largest absolute Gasteiger partial charge is 0.207 e. The number of hydrogen-bond acceptors (Lipinski definition) is 0. The predicted molar refractivity (Wildman–Crippen MR) is 120 cm³/mol. The average molecular weight is 408 g/mol. The Morgan fingerprint density at radius 2 is 1.14 bits per heavy atom. The summed E-state index contributed by atoms with van der Waals surface area (Å²) in [5.41, 5.74) is 6.01. The first kappa shape index (κ1) is 19.4. The Labute approximate surface area is 173 Å². The highest BCUT2D eigenvalue weighted by atomic mass is 35.6. The highest BCUT2D eigenvalue weighted by Crippen LogP contribution is 2.30. The van der Waals surface area contributed by atoms with Gasteiger partial charge in [0.25, 0.3) is 0 Å². The van der Waals surface area contributed by atoms with E-state index < -0.39 is 8.11 Å². The van der Waals surface area contributed by atoms with E-state index in [0.29, 0.717) is 0 Å². The number of benzene rings is 3. The number of aryl methyl sites for hydroxylation is 1. The summed E-state index contributed by atoms with van der Waals surface area (Å²) in [6.07, 6.45) is 5.11. The normalized spacial score (nSPS) is 15.6. The monoisotopic (exact) mass is 407 g/mol. The van der Waals surface area contributed by atoms with Crippen LogP contribution in [-0.2, 0) is 6.42 Å². The standard InChI is InChI=1S/C25H25ClFSi/c26-28-17-15-20(16-18-28)2-1-19-3-5-21(6-4-19)22-7-9-23(10-8-22)24-11-13-25(27)14-12-24/h3-14,20H,1-2,15-18H2. The van der Waals surface area contributed by atoms with Crippen molar-refractivity contribution in [3.05, 3.63) is 84.2 Å². The van der Waals surface area contributed by atoms with E-state index in [2.05, 4.69) is 48.5 Å². The minimum atomic E-state index is -0.510. The van der Waals surface area contributed by atoms with Crippen LogP contribution in [0.3, 0.4) is 0 Å². The molecule has 0 bridgehead atoms. The maximum Gasteiger partial charge on any atom is 0.165 e. The molecule has 0 spiro atoms. The van der Waals surface area contributed by atoms with Crippen molar-refractivity contribution in [1.82, 2.24) is 0 Å². The maximum absolute atomic E-state index is 13.1. The van der Waals surface area contributed by atoms with Gasteiger partial charge < -0.3 is 0 Å². The molecule has 4 rings (SSSR count). The van der Waals surface area contributed by atoms with Crippen LogP contribution in [0.25, 0.3) is 22.3 Å². The fraction of sp³-hybridized carbons (Fsp3) is 0.280. The van der Waals surface area contributed by atoms with Crippen molar-refractivity contribution in [2.45, 2.75) is 37.8 Å². The molecule has 1 aliphatic heterocycles. The molecule has 1 radical (unpaired) electrons. The zero-order chi connectivity index (χ0) is 19.3. The number of rotatable bonds is 5. The summed E-state index contributed by atoms with van der Waals surface area (Å²) in [5, 5.41) is 0. The third-order valence-electron chi connectivity index (χ3n) is 5.84. The summed E-state index contributed by atoms with van der Waals surface area (Å²) in [5.74, 6) is 0.666. The van der Waals surface area contributed by atoms with Gasteiger partial charge in [-0.25, -0.2) is 4.39 Å². The average Bonchev–Trinajstić information content (AvgIpc) is 2.74. The number of hydrogen-bond donors (Lipinski definition) is 0. The van der Waals surface area contributed by atoms with Crippen molar-refractivity contribution in [3.8, 4) is 22.3 Å². The molecule has 0 saturated carbocycles. The van der Waals surface area contributed by atoms with Gasteiger partial charge in [-0.1, -0.05) is 73.5 Å². The van der Waals surface area contributed by atoms with Gasteiger partial charge in [-0.05, 0) is 70.8 Å². The van der Waals surface area contributed by atoms with Crippen LogP contribution < -0.4 is 0 Å². The first-order valence-electron chi connectivity index (χ1n) is 10.1. The lowest BCUT2D eigenvalue weighted by molar-refractivity contribution is 0.440. The maximum atomic E-state index is 13.1. The Morgan fingerprint density at radius 3 is 1.64 bits per heavy atom. The van der Waals surface area contributed by atoms with Gasteiger partial charge >= 0.3 is 0 Å². The quantitative estimate of drug-likeness (QED) is 0.299. The summed E-state index contributed by atoms with van der Waals surface area (Å²) < 4.78 is 13.1. The summed E-state index contributed by atoms with van der Waals surface area (Å²) in [4.78, 5) is 0. The van der Waals surface area contributed by atoms with Crippen molar-refractivity contribution in [2.75, 3.05) is 0 Å². The fourth-order valence-electron chi connectivity index (χ4n) is 4.01. The zero-order valence-electron chi connectivity index (χ0n) is 16.0. The Hall–Kier alpha value is -1.90. The molecule has 0 nitrogen and oxygen atoms in total. The second-order valence-corrected chi connectivity index (χ2v) is 11.4. The highest BCUT2D eigenvalue weighted by Gasteiger charge is 2.20. The molecule has 28 heavy (non-hydrogen) atoms. The lowest BCUT2D eigenvalue weighted by Crippen LogP contribution is -2.16. The predicted octanol–water partition coefficient (Wildman–Crippen LogP) is 7.73. The van der Waals surface area contributed by atoms with Crippen LogP contribution in [0.15, 0.2) is 72.8 Å². The van der Waals surface area contributed by atoms with E-state index in [1.54, 1.807) is 0 Å². The van der Waals surface area contributed by atoms with Crippen LogP contribution in [-0.4, -0.2) is 8.11 Å². The van der Waals surface area contributed by atoms with Gasteiger partial charge in [-0.3, -0.25) is 0 Å². The molecule has 143 valence electrons. The van der Waals surface area contributed by atoms with E-state index in [9.17, 15) is 4.39 Å². The molecule has 0 atom stereocenters. The minimum absolute atomic E-state index is 0.200. The van der Waals surface area contributed by atoms with E-state index in [-0.39, 0.29) is 5.82 Å². The van der Waals surface area contributed by atoms with E-state index in [0.717, 1.165) is 17.0 Å². The smallest absolute Gasteiger partial charge is 0.165 e. The molecule has 0 N–H and O–H groups in total. The number of halogens is 2. The molecule has 3 heteroatoms. The molecule has 0 amide bonds. The molecule has 0 unspecified atom stereocenters. The third-order valence-corrected chi connectivity index (χ3v) is 8.64. The Morgan fingerprint density at radius 1 is 0.714 bits per heavy atom. The van der Waals surface area contributed by atoms with Crippen LogP contribution in [0.1, 0.15) is 24.8 Å². The molecule has 1 saturated heterocycles. The van der Waals surface area contributed by atoms with Crippen molar-refractivity contribution in [3.63, 3.8) is 0 Å².